The fraction of sp³-hybridized carbons (Fsp3) is 0.250. The molecule has 0 saturated carbocycles. The smallest absolute Gasteiger partial charge is 0.270 e. The van der Waals surface area contributed by atoms with E-state index in [9.17, 15) is 14.4 Å². The molecule has 0 bridgehead atoms. The molecule has 3 amide bonds. The second-order valence-corrected chi connectivity index (χ2v) is 7.98. The van der Waals surface area contributed by atoms with E-state index in [4.69, 9.17) is 21.7 Å². The van der Waals surface area contributed by atoms with Crippen molar-refractivity contribution < 1.29 is 23.9 Å². The number of anilines is 1. The minimum atomic E-state index is -0.550. The molecule has 2 aliphatic heterocycles. The van der Waals surface area contributed by atoms with Crippen molar-refractivity contribution in [2.24, 2.45) is 0 Å². The first-order chi connectivity index (χ1) is 15.9. The molecule has 0 radical (unpaired) electrons. The van der Waals surface area contributed by atoms with Gasteiger partial charge in [-0.3, -0.25) is 24.6 Å². The Hall–Kier alpha value is -3.56. The lowest BCUT2D eigenvalue weighted by Crippen LogP contribution is -2.54. The summed E-state index contributed by atoms with van der Waals surface area (Å²) in [5.41, 5.74) is 2.09. The van der Waals surface area contributed by atoms with Gasteiger partial charge in [0.25, 0.3) is 17.7 Å². The Morgan fingerprint density at radius 2 is 1.82 bits per heavy atom. The number of carbonyl (C=O) groups is 3. The number of hydrogen-bond acceptors (Lipinski definition) is 6. The molecule has 2 aromatic carbocycles. The zero-order valence-corrected chi connectivity index (χ0v) is 18.9. The average molecular weight is 466 g/mol. The van der Waals surface area contributed by atoms with Crippen LogP contribution in [0.25, 0.3) is 6.08 Å². The van der Waals surface area contributed by atoms with E-state index >= 15 is 0 Å². The van der Waals surface area contributed by atoms with Crippen LogP contribution in [0.2, 0.25) is 0 Å². The van der Waals surface area contributed by atoms with Gasteiger partial charge < -0.3 is 14.4 Å². The molecule has 0 aromatic heterocycles. The Morgan fingerprint density at radius 1 is 1.12 bits per heavy atom. The lowest BCUT2D eigenvalue weighted by atomic mass is 10.1. The number of nitrogens with one attached hydrogen (secondary N) is 1. The van der Waals surface area contributed by atoms with Gasteiger partial charge in [0.05, 0.1) is 18.9 Å². The van der Waals surface area contributed by atoms with E-state index in [1.165, 1.54) is 11.0 Å². The summed E-state index contributed by atoms with van der Waals surface area (Å²) in [4.78, 5) is 40.9. The van der Waals surface area contributed by atoms with Gasteiger partial charge in [0.15, 0.2) is 11.7 Å². The third-order valence-electron chi connectivity index (χ3n) is 5.38. The molecule has 170 valence electrons. The van der Waals surface area contributed by atoms with Crippen LogP contribution in [0.15, 0.2) is 54.1 Å². The van der Waals surface area contributed by atoms with Crippen molar-refractivity contribution >= 4 is 46.8 Å². The molecule has 9 heteroatoms. The normalized spacial score (nSPS) is 17.8. The highest BCUT2D eigenvalue weighted by Gasteiger charge is 2.35. The van der Waals surface area contributed by atoms with Crippen LogP contribution in [-0.4, -0.2) is 60.6 Å². The van der Waals surface area contributed by atoms with Gasteiger partial charge in [-0.05, 0) is 54.5 Å². The fourth-order valence-corrected chi connectivity index (χ4v) is 3.84. The van der Waals surface area contributed by atoms with Crippen LogP contribution in [0.4, 0.5) is 5.69 Å². The fourth-order valence-electron chi connectivity index (χ4n) is 3.57. The average Bonchev–Trinajstić information content (AvgIpc) is 2.82. The summed E-state index contributed by atoms with van der Waals surface area (Å²) in [7, 11) is 0. The summed E-state index contributed by atoms with van der Waals surface area (Å²) >= 11 is 5.25. The highest BCUT2D eigenvalue weighted by Crippen LogP contribution is 2.25. The maximum atomic E-state index is 13.1. The molecular weight excluding hydrogens is 442 g/mol. The summed E-state index contributed by atoms with van der Waals surface area (Å²) in [5, 5.41) is 2.63. The summed E-state index contributed by atoms with van der Waals surface area (Å²) in [5.74, 6) is -0.622. The number of thiocarbonyl (C=S) groups is 1. The lowest BCUT2D eigenvalue weighted by Gasteiger charge is -2.30. The van der Waals surface area contributed by atoms with E-state index in [2.05, 4.69) is 5.32 Å². The van der Waals surface area contributed by atoms with E-state index in [0.717, 1.165) is 5.56 Å². The number of morpholine rings is 1. The molecule has 1 N–H and O–H groups in total. The predicted octanol–water partition coefficient (Wildman–Crippen LogP) is 2.06. The SMILES string of the molecule is Cc1ccccc1N1C(=O)/C(=C/c2ccc(OCC(=O)N3CCOCC3)cc2)C(=O)NC1=S. The Morgan fingerprint density at radius 3 is 2.52 bits per heavy atom. The number of hydrogen-bond donors (Lipinski definition) is 1. The number of para-hydroxylation sites is 1. The number of nitrogens with zero attached hydrogens (tertiary/aromatic N) is 2. The van der Waals surface area contributed by atoms with Crippen molar-refractivity contribution in [3.8, 4) is 5.75 Å². The minimum Gasteiger partial charge on any atom is -0.484 e. The lowest BCUT2D eigenvalue weighted by molar-refractivity contribution is -0.137. The van der Waals surface area contributed by atoms with Crippen LogP contribution in [-0.2, 0) is 19.1 Å². The largest absolute Gasteiger partial charge is 0.484 e. The van der Waals surface area contributed by atoms with Crippen LogP contribution in [0.5, 0.6) is 5.75 Å². The van der Waals surface area contributed by atoms with E-state index in [1.807, 2.05) is 19.1 Å². The van der Waals surface area contributed by atoms with Crippen molar-refractivity contribution in [3.63, 3.8) is 0 Å². The van der Waals surface area contributed by atoms with E-state index in [0.29, 0.717) is 43.3 Å². The number of amides is 3. The summed E-state index contributed by atoms with van der Waals surface area (Å²) in [6.07, 6.45) is 1.51. The summed E-state index contributed by atoms with van der Waals surface area (Å²) in [6.45, 7) is 4.00. The van der Waals surface area contributed by atoms with Gasteiger partial charge in [0.2, 0.25) is 0 Å². The van der Waals surface area contributed by atoms with Crippen LogP contribution < -0.4 is 15.0 Å². The maximum absolute atomic E-state index is 13.1. The molecule has 2 saturated heterocycles. The van der Waals surface area contributed by atoms with Gasteiger partial charge in [-0.15, -0.1) is 0 Å². The van der Waals surface area contributed by atoms with Gasteiger partial charge >= 0.3 is 0 Å². The monoisotopic (exact) mass is 465 g/mol. The molecule has 0 unspecified atom stereocenters. The van der Waals surface area contributed by atoms with Crippen LogP contribution in [0.3, 0.4) is 0 Å². The Labute approximate surface area is 196 Å². The van der Waals surface area contributed by atoms with Gasteiger partial charge in [-0.1, -0.05) is 30.3 Å². The van der Waals surface area contributed by atoms with E-state index < -0.39 is 11.8 Å². The third-order valence-corrected chi connectivity index (χ3v) is 5.66. The number of rotatable bonds is 5. The molecule has 2 aromatic rings. The first kappa shape index (κ1) is 22.6. The van der Waals surface area contributed by atoms with Crippen molar-refractivity contribution in [1.29, 1.82) is 0 Å². The highest BCUT2D eigenvalue weighted by molar-refractivity contribution is 7.80. The van der Waals surface area contributed by atoms with E-state index in [1.54, 1.807) is 41.3 Å². The number of benzene rings is 2. The quantitative estimate of drug-likeness (QED) is 0.413. The van der Waals surface area contributed by atoms with Crippen LogP contribution in [0, 0.1) is 6.92 Å². The van der Waals surface area contributed by atoms with Gasteiger partial charge in [0, 0.05) is 13.1 Å². The molecule has 2 aliphatic rings. The van der Waals surface area contributed by atoms with Crippen LogP contribution >= 0.6 is 12.2 Å². The second-order valence-electron chi connectivity index (χ2n) is 7.60. The maximum Gasteiger partial charge on any atom is 0.270 e. The predicted molar refractivity (Wildman–Crippen MR) is 127 cm³/mol. The molecule has 2 heterocycles. The topological polar surface area (TPSA) is 88.2 Å². The van der Waals surface area contributed by atoms with Gasteiger partial charge in [0.1, 0.15) is 11.3 Å². The second kappa shape index (κ2) is 9.93. The number of ether oxygens (including phenoxy) is 2. The zero-order chi connectivity index (χ0) is 23.4. The summed E-state index contributed by atoms with van der Waals surface area (Å²) in [6, 6.07) is 14.1. The molecule has 0 aliphatic carbocycles. The molecule has 4 rings (SSSR count). The Kier molecular flexibility index (Phi) is 6.81. The van der Waals surface area contributed by atoms with E-state index in [-0.39, 0.29) is 23.2 Å². The van der Waals surface area contributed by atoms with Gasteiger partial charge in [-0.25, -0.2) is 0 Å². The van der Waals surface area contributed by atoms with Crippen molar-refractivity contribution in [2.75, 3.05) is 37.8 Å². The van der Waals surface area contributed by atoms with Crippen molar-refractivity contribution in [3.05, 3.63) is 65.2 Å². The summed E-state index contributed by atoms with van der Waals surface area (Å²) < 4.78 is 10.8. The van der Waals surface area contributed by atoms with Gasteiger partial charge in [-0.2, -0.15) is 0 Å². The zero-order valence-electron chi connectivity index (χ0n) is 18.1. The van der Waals surface area contributed by atoms with Crippen LogP contribution in [0.1, 0.15) is 11.1 Å². The van der Waals surface area contributed by atoms with Crippen molar-refractivity contribution in [2.45, 2.75) is 6.92 Å². The molecule has 33 heavy (non-hydrogen) atoms. The molecule has 0 atom stereocenters. The third kappa shape index (κ3) is 5.10. The molecule has 0 spiro atoms. The molecular formula is C24H23N3O5S. The number of aryl methyl sites for hydroxylation is 1. The molecule has 2 fully saturated rings. The number of carbonyl (C=O) groups excluding carboxylic acids is 3. The Bertz CT molecular complexity index is 1120. The first-order valence-electron chi connectivity index (χ1n) is 10.5. The standard InChI is InChI=1S/C24H23N3O5S/c1-16-4-2-3-5-20(16)27-23(30)19(22(29)25-24(27)33)14-17-6-8-18(9-7-17)32-15-21(28)26-10-12-31-13-11-26/h2-9,14H,10-13,15H2,1H3,(H,25,29,33)/b19-14+. The molecule has 8 nitrogen and oxygen atoms in total. The first-order valence-corrected chi connectivity index (χ1v) is 10.9. The van der Waals surface area contributed by atoms with Crippen molar-refractivity contribution in [1.82, 2.24) is 10.2 Å². The minimum absolute atomic E-state index is 0.0250. The Balaban J connectivity index is 1.46. The highest BCUT2D eigenvalue weighted by atomic mass is 32.1.